The minimum Gasteiger partial charge on any atom is -0.294 e. The number of ketones is 1. The molecule has 2 rings (SSSR count). The fourth-order valence-electron chi connectivity index (χ4n) is 2.79. The molecule has 1 nitrogen and oxygen atoms in total. The van der Waals surface area contributed by atoms with E-state index in [2.05, 4.69) is 13.8 Å². The summed E-state index contributed by atoms with van der Waals surface area (Å²) in [5, 5.41) is -0.0577. The molecule has 86 valence electrons. The summed E-state index contributed by atoms with van der Waals surface area (Å²) in [7, 11) is -0.867. The SMILES string of the molecule is CC(C)(C(=O)c1ccccc1)[SiH]1CCCC1. The first-order chi connectivity index (χ1) is 7.62. The molecule has 1 aromatic rings. The number of hydrogen-bond acceptors (Lipinski definition) is 1. The van der Waals surface area contributed by atoms with Crippen molar-refractivity contribution in [2.24, 2.45) is 0 Å². The van der Waals surface area contributed by atoms with Crippen LogP contribution in [0, 0.1) is 0 Å². The molecule has 0 N–H and O–H groups in total. The fraction of sp³-hybridized carbons (Fsp3) is 0.500. The molecule has 1 saturated heterocycles. The minimum atomic E-state index is -0.867. The van der Waals surface area contributed by atoms with Gasteiger partial charge >= 0.3 is 0 Å². The molecule has 16 heavy (non-hydrogen) atoms. The fourth-order valence-corrected chi connectivity index (χ4v) is 6.63. The summed E-state index contributed by atoms with van der Waals surface area (Å²) in [5.74, 6) is 0.367. The van der Waals surface area contributed by atoms with Crippen molar-refractivity contribution < 1.29 is 4.79 Å². The van der Waals surface area contributed by atoms with Crippen LogP contribution >= 0.6 is 0 Å². The Bertz CT molecular complexity index is 364. The molecule has 2 heteroatoms. The van der Waals surface area contributed by atoms with E-state index in [4.69, 9.17) is 0 Å². The highest BCUT2D eigenvalue weighted by Crippen LogP contribution is 2.41. The Morgan fingerprint density at radius 2 is 1.69 bits per heavy atom. The first-order valence-corrected chi connectivity index (χ1v) is 8.43. The number of carbonyl (C=O) groups is 1. The maximum absolute atomic E-state index is 12.5. The first-order valence-electron chi connectivity index (χ1n) is 6.22. The largest absolute Gasteiger partial charge is 0.294 e. The molecule has 1 aliphatic rings. The van der Waals surface area contributed by atoms with Crippen molar-refractivity contribution in [1.82, 2.24) is 0 Å². The van der Waals surface area contributed by atoms with Crippen molar-refractivity contribution in [3.63, 3.8) is 0 Å². The summed E-state index contributed by atoms with van der Waals surface area (Å²) in [4.78, 5) is 12.5. The van der Waals surface area contributed by atoms with Gasteiger partial charge in [0.15, 0.2) is 5.78 Å². The zero-order valence-electron chi connectivity index (χ0n) is 10.2. The van der Waals surface area contributed by atoms with Crippen LogP contribution in [-0.2, 0) is 0 Å². The van der Waals surface area contributed by atoms with Crippen LogP contribution in [-0.4, -0.2) is 14.6 Å². The Labute approximate surface area is 99.5 Å². The van der Waals surface area contributed by atoms with Crippen molar-refractivity contribution in [3.8, 4) is 0 Å². The Kier molecular flexibility index (Phi) is 3.29. The molecule has 0 atom stereocenters. The van der Waals surface area contributed by atoms with Gasteiger partial charge in [0.1, 0.15) is 0 Å². The predicted molar refractivity (Wildman–Crippen MR) is 70.8 cm³/mol. The lowest BCUT2D eigenvalue weighted by molar-refractivity contribution is 0.0946. The van der Waals surface area contributed by atoms with Crippen LogP contribution in [0.4, 0.5) is 0 Å². The number of hydrogen-bond donors (Lipinski definition) is 0. The van der Waals surface area contributed by atoms with Gasteiger partial charge in [-0.3, -0.25) is 4.79 Å². The molecular formula is C14H20OSi. The van der Waals surface area contributed by atoms with Crippen LogP contribution in [0.15, 0.2) is 30.3 Å². The molecule has 0 saturated carbocycles. The van der Waals surface area contributed by atoms with E-state index in [0.717, 1.165) is 5.56 Å². The highest BCUT2D eigenvalue weighted by Gasteiger charge is 2.39. The van der Waals surface area contributed by atoms with E-state index in [1.807, 2.05) is 30.3 Å². The molecule has 1 aliphatic heterocycles. The van der Waals surface area contributed by atoms with Gasteiger partial charge in [-0.05, 0) is 0 Å². The Morgan fingerprint density at radius 3 is 2.25 bits per heavy atom. The Morgan fingerprint density at radius 1 is 1.12 bits per heavy atom. The van der Waals surface area contributed by atoms with E-state index in [1.54, 1.807) is 0 Å². The molecule has 1 fully saturated rings. The van der Waals surface area contributed by atoms with Crippen LogP contribution in [0.5, 0.6) is 0 Å². The van der Waals surface area contributed by atoms with Crippen molar-refractivity contribution in [2.75, 3.05) is 0 Å². The first kappa shape index (κ1) is 11.6. The van der Waals surface area contributed by atoms with E-state index in [9.17, 15) is 4.79 Å². The van der Waals surface area contributed by atoms with E-state index in [0.29, 0.717) is 5.78 Å². The number of benzene rings is 1. The standard InChI is InChI=1S/C14H20OSi/c1-14(2,16-10-6-7-11-16)13(15)12-8-4-3-5-9-12/h3-5,8-9,16H,6-7,10-11H2,1-2H3. The zero-order chi connectivity index (χ0) is 11.6. The van der Waals surface area contributed by atoms with Crippen molar-refractivity contribution in [3.05, 3.63) is 35.9 Å². The quantitative estimate of drug-likeness (QED) is 0.574. The predicted octanol–water partition coefficient (Wildman–Crippen LogP) is 3.67. The highest BCUT2D eigenvalue weighted by molar-refractivity contribution is 6.68. The number of Topliss-reactive ketones (excluding diaryl/α,β-unsaturated/α-hetero) is 1. The minimum absolute atomic E-state index is 0.0577. The molecule has 1 aromatic carbocycles. The average molecular weight is 232 g/mol. The van der Waals surface area contributed by atoms with Crippen LogP contribution in [0.3, 0.4) is 0 Å². The molecule has 0 spiro atoms. The van der Waals surface area contributed by atoms with Crippen molar-refractivity contribution in [2.45, 2.75) is 43.8 Å². The maximum atomic E-state index is 12.5. The summed E-state index contributed by atoms with van der Waals surface area (Å²) >= 11 is 0. The van der Waals surface area contributed by atoms with Crippen LogP contribution in [0.1, 0.15) is 37.0 Å². The summed E-state index contributed by atoms with van der Waals surface area (Å²) < 4.78 is 0. The molecule has 0 aromatic heterocycles. The summed E-state index contributed by atoms with van der Waals surface area (Å²) in [6, 6.07) is 12.5. The molecule has 0 aliphatic carbocycles. The molecule has 0 radical (unpaired) electrons. The summed E-state index contributed by atoms with van der Waals surface area (Å²) in [6.45, 7) is 4.34. The molecule has 0 unspecified atom stereocenters. The highest BCUT2D eigenvalue weighted by atomic mass is 28.3. The van der Waals surface area contributed by atoms with E-state index >= 15 is 0 Å². The lowest BCUT2D eigenvalue weighted by Gasteiger charge is -2.29. The number of carbonyl (C=O) groups excluding carboxylic acids is 1. The normalized spacial score (nSPS) is 17.6. The second-order valence-electron chi connectivity index (χ2n) is 5.40. The monoisotopic (exact) mass is 232 g/mol. The third kappa shape index (κ3) is 2.12. The van der Waals surface area contributed by atoms with Gasteiger partial charge in [-0.2, -0.15) is 0 Å². The lowest BCUT2D eigenvalue weighted by Crippen LogP contribution is -2.32. The van der Waals surface area contributed by atoms with Crippen molar-refractivity contribution >= 4 is 14.6 Å². The van der Waals surface area contributed by atoms with Gasteiger partial charge in [-0.25, -0.2) is 0 Å². The van der Waals surface area contributed by atoms with Crippen molar-refractivity contribution in [1.29, 1.82) is 0 Å². The van der Waals surface area contributed by atoms with Gasteiger partial charge in [0.25, 0.3) is 0 Å². The molecule has 1 heterocycles. The summed E-state index contributed by atoms with van der Waals surface area (Å²) in [6.07, 6.45) is 2.70. The van der Waals surface area contributed by atoms with E-state index in [-0.39, 0.29) is 5.04 Å². The van der Waals surface area contributed by atoms with Crippen LogP contribution in [0.2, 0.25) is 17.1 Å². The van der Waals surface area contributed by atoms with Gasteiger partial charge in [0.2, 0.25) is 0 Å². The molecular weight excluding hydrogens is 212 g/mol. The smallest absolute Gasteiger partial charge is 0.165 e. The van der Waals surface area contributed by atoms with Gasteiger partial charge < -0.3 is 0 Å². The maximum Gasteiger partial charge on any atom is 0.165 e. The lowest BCUT2D eigenvalue weighted by atomic mass is 10.0. The van der Waals surface area contributed by atoms with Crippen LogP contribution < -0.4 is 0 Å². The zero-order valence-corrected chi connectivity index (χ0v) is 11.4. The third-order valence-corrected chi connectivity index (χ3v) is 8.51. The second kappa shape index (κ2) is 4.54. The Balaban J connectivity index is 2.20. The third-order valence-electron chi connectivity index (χ3n) is 4.00. The number of rotatable bonds is 3. The molecule has 0 amide bonds. The average Bonchev–Trinajstić information content (AvgIpc) is 2.83. The van der Waals surface area contributed by atoms with Gasteiger partial charge in [-0.1, -0.05) is 69.1 Å². The van der Waals surface area contributed by atoms with Gasteiger partial charge in [-0.15, -0.1) is 0 Å². The van der Waals surface area contributed by atoms with Crippen LogP contribution in [0.25, 0.3) is 0 Å². The van der Waals surface area contributed by atoms with E-state index < -0.39 is 8.80 Å². The van der Waals surface area contributed by atoms with Gasteiger partial charge in [0.05, 0.1) is 8.80 Å². The summed E-state index contributed by atoms with van der Waals surface area (Å²) in [5.41, 5.74) is 0.895. The van der Waals surface area contributed by atoms with Gasteiger partial charge in [0, 0.05) is 10.6 Å². The molecule has 0 bridgehead atoms. The Hall–Kier alpha value is -0.893. The second-order valence-corrected chi connectivity index (χ2v) is 9.39. The van der Waals surface area contributed by atoms with E-state index in [1.165, 1.54) is 24.9 Å². The topological polar surface area (TPSA) is 17.1 Å².